The molecular weight excluding hydrogens is 416 g/mol. The minimum Gasteiger partial charge on any atom is -0.356 e. The zero-order valence-corrected chi connectivity index (χ0v) is 15.7. The summed E-state index contributed by atoms with van der Waals surface area (Å²) in [5.74, 6) is -4.21. The summed E-state index contributed by atoms with van der Waals surface area (Å²) in [7, 11) is 0. The molecule has 5 nitrogen and oxygen atoms in total. The van der Waals surface area contributed by atoms with Crippen LogP contribution in [-0.4, -0.2) is 59.4 Å². The summed E-state index contributed by atoms with van der Waals surface area (Å²) in [6, 6.07) is 11.1. The number of benzene rings is 1. The quantitative estimate of drug-likeness (QED) is 0.664. The first-order chi connectivity index (χ1) is 14.0. The monoisotopic (exact) mass is 435 g/mol. The molecule has 1 saturated heterocycles. The third-order valence-electron chi connectivity index (χ3n) is 4.90. The van der Waals surface area contributed by atoms with E-state index in [2.05, 4.69) is 5.16 Å². The molecule has 30 heavy (non-hydrogen) atoms. The molecule has 2 aromatic rings. The third kappa shape index (κ3) is 5.53. The number of piperazine rings is 1. The highest BCUT2D eigenvalue weighted by Gasteiger charge is 2.57. The first-order valence-corrected chi connectivity index (χ1v) is 9.18. The molecule has 0 aliphatic carbocycles. The number of amides is 1. The molecule has 0 spiro atoms. The molecule has 1 aliphatic rings. The minimum atomic E-state index is -5.51. The molecule has 1 aromatic heterocycles. The Kier molecular flexibility index (Phi) is 6.39. The van der Waals surface area contributed by atoms with Crippen molar-refractivity contribution in [2.75, 3.05) is 26.2 Å². The Hall–Kier alpha value is -2.56. The molecule has 1 amide bonds. The maximum absolute atomic E-state index is 12.7. The smallest absolute Gasteiger partial charge is 0.356 e. The van der Waals surface area contributed by atoms with Crippen LogP contribution in [0.4, 0.5) is 26.3 Å². The molecule has 164 valence electrons. The maximum Gasteiger partial charge on any atom is 0.400 e. The van der Waals surface area contributed by atoms with Crippen LogP contribution in [-0.2, 0) is 11.3 Å². The summed E-state index contributed by atoms with van der Waals surface area (Å²) in [6.45, 7) is 1.10. The van der Waals surface area contributed by atoms with Gasteiger partial charge in [0.05, 0.1) is 5.69 Å². The van der Waals surface area contributed by atoms with Gasteiger partial charge >= 0.3 is 12.4 Å². The number of alkyl halides is 6. The number of halogens is 6. The summed E-state index contributed by atoms with van der Waals surface area (Å²) in [5, 5.41) is 3.99. The lowest BCUT2D eigenvalue weighted by atomic mass is 10.0. The van der Waals surface area contributed by atoms with Crippen LogP contribution < -0.4 is 0 Å². The Labute approximate surface area is 168 Å². The van der Waals surface area contributed by atoms with Crippen molar-refractivity contribution in [3.8, 4) is 11.3 Å². The maximum atomic E-state index is 12.7. The summed E-state index contributed by atoms with van der Waals surface area (Å²) in [5.41, 5.74) is 1.50. The summed E-state index contributed by atoms with van der Waals surface area (Å²) in [6.07, 6.45) is -12.7. The lowest BCUT2D eigenvalue weighted by molar-refractivity contribution is -0.284. The van der Waals surface area contributed by atoms with E-state index in [9.17, 15) is 31.1 Å². The molecule has 0 atom stereocenters. The van der Waals surface area contributed by atoms with Crippen LogP contribution in [0, 0.1) is 5.92 Å². The standard InChI is InChI=1S/C19H19F6N3O2/c20-18(21,22)16(19(23,24)25)11-17(29)28-8-6-27(7-9-28)12-14-10-15(30-26-14)13-4-2-1-3-5-13/h1-5,10,16H,6-9,11-12H2. The summed E-state index contributed by atoms with van der Waals surface area (Å²) >= 11 is 0. The van der Waals surface area contributed by atoms with E-state index in [0.717, 1.165) is 10.5 Å². The van der Waals surface area contributed by atoms with Gasteiger partial charge in [-0.1, -0.05) is 35.5 Å². The van der Waals surface area contributed by atoms with Gasteiger partial charge in [-0.25, -0.2) is 0 Å². The number of carbonyl (C=O) groups excluding carboxylic acids is 1. The van der Waals surface area contributed by atoms with Crippen molar-refractivity contribution in [3.63, 3.8) is 0 Å². The second-order valence-corrected chi connectivity index (χ2v) is 7.05. The summed E-state index contributed by atoms with van der Waals surface area (Å²) in [4.78, 5) is 15.0. The van der Waals surface area contributed by atoms with Crippen molar-refractivity contribution < 1.29 is 35.7 Å². The number of nitrogens with zero attached hydrogens (tertiary/aromatic N) is 3. The number of hydrogen-bond donors (Lipinski definition) is 0. The molecule has 1 aliphatic heterocycles. The molecule has 0 radical (unpaired) electrons. The van der Waals surface area contributed by atoms with Gasteiger partial charge in [0.15, 0.2) is 11.7 Å². The van der Waals surface area contributed by atoms with Gasteiger partial charge in [-0.15, -0.1) is 0 Å². The van der Waals surface area contributed by atoms with Gasteiger partial charge in [-0.3, -0.25) is 9.69 Å². The van der Waals surface area contributed by atoms with Crippen molar-refractivity contribution in [3.05, 3.63) is 42.1 Å². The van der Waals surface area contributed by atoms with E-state index in [4.69, 9.17) is 4.52 Å². The first kappa shape index (κ1) is 22.1. The third-order valence-corrected chi connectivity index (χ3v) is 4.90. The highest BCUT2D eigenvalue weighted by atomic mass is 19.4. The molecule has 1 aromatic carbocycles. The number of carbonyl (C=O) groups is 1. The molecular formula is C19H19F6N3O2. The number of rotatable bonds is 5. The molecule has 0 unspecified atom stereocenters. The fraction of sp³-hybridized carbons (Fsp3) is 0.474. The van der Waals surface area contributed by atoms with Gasteiger partial charge in [0.1, 0.15) is 0 Å². The lowest BCUT2D eigenvalue weighted by Gasteiger charge is -2.35. The fourth-order valence-corrected chi connectivity index (χ4v) is 3.23. The normalized spacial score (nSPS) is 16.3. The van der Waals surface area contributed by atoms with Crippen molar-refractivity contribution in [1.82, 2.24) is 15.0 Å². The Morgan fingerprint density at radius 1 is 1.00 bits per heavy atom. The van der Waals surface area contributed by atoms with Gasteiger partial charge in [0.25, 0.3) is 0 Å². The van der Waals surface area contributed by atoms with Crippen molar-refractivity contribution in [2.24, 2.45) is 5.92 Å². The van der Waals surface area contributed by atoms with Gasteiger partial charge in [-0.05, 0) is 0 Å². The molecule has 11 heteroatoms. The van der Waals surface area contributed by atoms with Gasteiger partial charge in [0.2, 0.25) is 5.91 Å². The number of hydrogen-bond acceptors (Lipinski definition) is 4. The zero-order chi connectivity index (χ0) is 21.9. The van der Waals surface area contributed by atoms with Crippen LogP contribution in [0.2, 0.25) is 0 Å². The average molecular weight is 435 g/mol. The Balaban J connectivity index is 1.52. The Bertz CT molecular complexity index is 828. The molecule has 0 bridgehead atoms. The van der Waals surface area contributed by atoms with E-state index in [1.807, 2.05) is 35.2 Å². The van der Waals surface area contributed by atoms with E-state index >= 15 is 0 Å². The van der Waals surface area contributed by atoms with Crippen LogP contribution in [0.1, 0.15) is 12.1 Å². The van der Waals surface area contributed by atoms with Crippen molar-refractivity contribution in [2.45, 2.75) is 25.3 Å². The largest absolute Gasteiger partial charge is 0.400 e. The predicted molar refractivity (Wildman–Crippen MR) is 94.0 cm³/mol. The highest BCUT2D eigenvalue weighted by molar-refractivity contribution is 5.76. The molecule has 1 fully saturated rings. The Morgan fingerprint density at radius 3 is 2.17 bits per heavy atom. The van der Waals surface area contributed by atoms with Crippen molar-refractivity contribution in [1.29, 1.82) is 0 Å². The second-order valence-electron chi connectivity index (χ2n) is 7.05. The van der Waals surface area contributed by atoms with E-state index in [-0.39, 0.29) is 13.1 Å². The van der Waals surface area contributed by atoms with Crippen LogP contribution in [0.3, 0.4) is 0 Å². The molecule has 0 N–H and O–H groups in total. The molecule has 3 rings (SSSR count). The van der Waals surface area contributed by atoms with Crippen LogP contribution >= 0.6 is 0 Å². The number of aromatic nitrogens is 1. The summed E-state index contributed by atoms with van der Waals surface area (Å²) < 4.78 is 81.3. The SMILES string of the molecule is O=C(CC(C(F)(F)F)C(F)(F)F)N1CCN(Cc2cc(-c3ccccc3)on2)CC1. The Morgan fingerprint density at radius 2 is 1.60 bits per heavy atom. The van der Waals surface area contributed by atoms with Gasteiger partial charge in [0, 0.05) is 50.8 Å². The van der Waals surface area contributed by atoms with E-state index < -0.39 is 30.6 Å². The molecule has 0 saturated carbocycles. The average Bonchev–Trinajstić information content (AvgIpc) is 3.14. The van der Waals surface area contributed by atoms with E-state index in [1.165, 1.54) is 0 Å². The molecule has 2 heterocycles. The van der Waals surface area contributed by atoms with E-state index in [1.54, 1.807) is 6.07 Å². The first-order valence-electron chi connectivity index (χ1n) is 9.18. The topological polar surface area (TPSA) is 49.6 Å². The van der Waals surface area contributed by atoms with Crippen molar-refractivity contribution >= 4 is 5.91 Å². The highest BCUT2D eigenvalue weighted by Crippen LogP contribution is 2.41. The van der Waals surface area contributed by atoms with Crippen LogP contribution in [0.25, 0.3) is 11.3 Å². The second kappa shape index (κ2) is 8.66. The lowest BCUT2D eigenvalue weighted by Crippen LogP contribution is -2.50. The van der Waals surface area contributed by atoms with E-state index in [0.29, 0.717) is 31.1 Å². The van der Waals surface area contributed by atoms with Crippen LogP contribution in [0.5, 0.6) is 0 Å². The fourth-order valence-electron chi connectivity index (χ4n) is 3.23. The van der Waals surface area contributed by atoms with Gasteiger partial charge < -0.3 is 9.42 Å². The predicted octanol–water partition coefficient (Wildman–Crippen LogP) is 4.12. The zero-order valence-electron chi connectivity index (χ0n) is 15.7. The van der Waals surface area contributed by atoms with Gasteiger partial charge in [-0.2, -0.15) is 26.3 Å². The minimum absolute atomic E-state index is 0.0463. The van der Waals surface area contributed by atoms with Crippen LogP contribution in [0.15, 0.2) is 40.9 Å².